The first kappa shape index (κ1) is 23.1. The van der Waals surface area contributed by atoms with Gasteiger partial charge in [0.1, 0.15) is 5.70 Å². The van der Waals surface area contributed by atoms with E-state index in [1.165, 1.54) is 19.3 Å². The standard InChI is InChI=1S/C25H19BrN2O6/c1-32-25(31)17-3-2-4-19(13-17)27-24(30)20(28-23(29)16-6-8-18(26)9-7-16)11-15-5-10-21-22(12-15)34-14-33-21/h2-13H,14H2,1H3,(H,27,30)(H,28,29)/b20-11+. The Hall–Kier alpha value is -4.11. The minimum atomic E-state index is -0.579. The molecule has 0 unspecified atom stereocenters. The predicted octanol–water partition coefficient (Wildman–Crippen LogP) is 4.37. The molecule has 1 heterocycles. The lowest BCUT2D eigenvalue weighted by Gasteiger charge is -2.12. The van der Waals surface area contributed by atoms with Crippen molar-refractivity contribution in [2.45, 2.75) is 0 Å². The van der Waals surface area contributed by atoms with E-state index >= 15 is 0 Å². The monoisotopic (exact) mass is 522 g/mol. The van der Waals surface area contributed by atoms with Gasteiger partial charge in [-0.1, -0.05) is 28.1 Å². The molecule has 0 fully saturated rings. The molecule has 0 saturated carbocycles. The van der Waals surface area contributed by atoms with Crippen LogP contribution < -0.4 is 20.1 Å². The van der Waals surface area contributed by atoms with E-state index in [0.717, 1.165) is 4.47 Å². The number of fused-ring (bicyclic) bond motifs is 1. The summed E-state index contributed by atoms with van der Waals surface area (Å²) in [7, 11) is 1.28. The van der Waals surface area contributed by atoms with Crippen LogP contribution in [0.1, 0.15) is 26.3 Å². The molecule has 9 heteroatoms. The van der Waals surface area contributed by atoms with Crippen molar-refractivity contribution >= 4 is 45.5 Å². The van der Waals surface area contributed by atoms with Crippen molar-refractivity contribution in [3.63, 3.8) is 0 Å². The molecule has 0 spiro atoms. The molecule has 1 aliphatic heterocycles. The minimum absolute atomic E-state index is 0.00439. The van der Waals surface area contributed by atoms with Crippen molar-refractivity contribution in [1.29, 1.82) is 0 Å². The second kappa shape index (κ2) is 10.2. The fourth-order valence-corrected chi connectivity index (χ4v) is 3.43. The van der Waals surface area contributed by atoms with Gasteiger partial charge in [-0.3, -0.25) is 9.59 Å². The number of anilines is 1. The van der Waals surface area contributed by atoms with Gasteiger partial charge in [0.2, 0.25) is 6.79 Å². The Morgan fingerprint density at radius 1 is 0.941 bits per heavy atom. The van der Waals surface area contributed by atoms with E-state index in [9.17, 15) is 14.4 Å². The molecule has 0 bridgehead atoms. The van der Waals surface area contributed by atoms with Crippen molar-refractivity contribution in [3.8, 4) is 11.5 Å². The maximum absolute atomic E-state index is 13.1. The summed E-state index contributed by atoms with van der Waals surface area (Å²) in [4.78, 5) is 37.8. The van der Waals surface area contributed by atoms with Crippen molar-refractivity contribution in [3.05, 3.63) is 93.6 Å². The molecule has 2 N–H and O–H groups in total. The molecule has 1 aliphatic rings. The van der Waals surface area contributed by atoms with Crippen molar-refractivity contribution in [1.82, 2.24) is 5.32 Å². The summed E-state index contributed by atoms with van der Waals surface area (Å²) < 4.78 is 16.3. The highest BCUT2D eigenvalue weighted by Gasteiger charge is 2.18. The van der Waals surface area contributed by atoms with Crippen LogP contribution in [0.4, 0.5) is 5.69 Å². The summed E-state index contributed by atoms with van der Waals surface area (Å²) in [5, 5.41) is 5.38. The molecule has 0 aromatic heterocycles. The lowest BCUT2D eigenvalue weighted by Crippen LogP contribution is -2.30. The first-order valence-corrected chi connectivity index (χ1v) is 10.9. The van der Waals surface area contributed by atoms with E-state index in [1.54, 1.807) is 60.7 Å². The number of esters is 1. The molecule has 4 rings (SSSR count). The number of ether oxygens (including phenoxy) is 3. The smallest absolute Gasteiger partial charge is 0.337 e. The van der Waals surface area contributed by atoms with Gasteiger partial charge in [0, 0.05) is 15.7 Å². The summed E-state index contributed by atoms with van der Waals surface area (Å²) >= 11 is 3.33. The number of carbonyl (C=O) groups excluding carboxylic acids is 3. The average molecular weight is 523 g/mol. The van der Waals surface area contributed by atoms with E-state index in [2.05, 4.69) is 26.6 Å². The van der Waals surface area contributed by atoms with Crippen molar-refractivity contribution in [2.24, 2.45) is 0 Å². The first-order chi connectivity index (χ1) is 16.4. The third kappa shape index (κ3) is 5.44. The Kier molecular flexibility index (Phi) is 6.93. The summed E-state index contributed by atoms with van der Waals surface area (Å²) in [5.41, 5.74) is 1.63. The van der Waals surface area contributed by atoms with Crippen LogP contribution in [0.15, 0.2) is 76.9 Å². The van der Waals surface area contributed by atoms with Gasteiger partial charge in [-0.05, 0) is 66.2 Å². The van der Waals surface area contributed by atoms with Crippen LogP contribution in [0.25, 0.3) is 6.08 Å². The zero-order chi connectivity index (χ0) is 24.1. The number of hydrogen-bond acceptors (Lipinski definition) is 6. The van der Waals surface area contributed by atoms with Gasteiger partial charge in [-0.2, -0.15) is 0 Å². The molecule has 3 aromatic rings. The fourth-order valence-electron chi connectivity index (χ4n) is 3.16. The third-order valence-corrected chi connectivity index (χ3v) is 5.38. The maximum atomic E-state index is 13.1. The van der Waals surface area contributed by atoms with E-state index in [1.807, 2.05) is 0 Å². The van der Waals surface area contributed by atoms with Crippen LogP contribution in [0.5, 0.6) is 11.5 Å². The Labute approximate surface area is 203 Å². The van der Waals surface area contributed by atoms with Crippen LogP contribution in [-0.2, 0) is 9.53 Å². The van der Waals surface area contributed by atoms with Gasteiger partial charge in [0.15, 0.2) is 11.5 Å². The van der Waals surface area contributed by atoms with Crippen LogP contribution in [-0.4, -0.2) is 31.7 Å². The SMILES string of the molecule is COC(=O)c1cccc(NC(=O)/C(=C\c2ccc3c(c2)OCO3)NC(=O)c2ccc(Br)cc2)c1. The van der Waals surface area contributed by atoms with Gasteiger partial charge >= 0.3 is 5.97 Å². The molecular formula is C25H19BrN2O6. The number of benzene rings is 3. The average Bonchev–Trinajstić information content (AvgIpc) is 3.31. The number of hydrogen-bond donors (Lipinski definition) is 2. The Morgan fingerprint density at radius 2 is 1.71 bits per heavy atom. The van der Waals surface area contributed by atoms with Crippen LogP contribution in [0, 0.1) is 0 Å². The van der Waals surface area contributed by atoms with Crippen LogP contribution >= 0.6 is 15.9 Å². The molecule has 0 aliphatic carbocycles. The molecule has 3 aromatic carbocycles. The van der Waals surface area contributed by atoms with E-state index in [0.29, 0.717) is 28.3 Å². The summed E-state index contributed by atoms with van der Waals surface area (Å²) in [6.45, 7) is 0.118. The lowest BCUT2D eigenvalue weighted by atomic mass is 10.1. The molecular weight excluding hydrogens is 504 g/mol. The quantitative estimate of drug-likeness (QED) is 0.368. The highest BCUT2D eigenvalue weighted by atomic mass is 79.9. The third-order valence-electron chi connectivity index (χ3n) is 4.85. The molecule has 172 valence electrons. The molecule has 0 atom stereocenters. The minimum Gasteiger partial charge on any atom is -0.465 e. The summed E-state index contributed by atoms with van der Waals surface area (Å²) in [5.74, 6) is -0.431. The summed E-state index contributed by atoms with van der Waals surface area (Å²) in [6.07, 6.45) is 1.53. The lowest BCUT2D eigenvalue weighted by molar-refractivity contribution is -0.113. The molecule has 8 nitrogen and oxygen atoms in total. The van der Waals surface area contributed by atoms with Gasteiger partial charge in [0.25, 0.3) is 11.8 Å². The Balaban J connectivity index is 1.62. The van der Waals surface area contributed by atoms with Crippen LogP contribution in [0.2, 0.25) is 0 Å². The predicted molar refractivity (Wildman–Crippen MR) is 129 cm³/mol. The number of carbonyl (C=O) groups is 3. The zero-order valence-electron chi connectivity index (χ0n) is 18.0. The van der Waals surface area contributed by atoms with Crippen LogP contribution in [0.3, 0.4) is 0 Å². The molecule has 0 radical (unpaired) electrons. The topological polar surface area (TPSA) is 103 Å². The fraction of sp³-hybridized carbons (Fsp3) is 0.0800. The molecule has 34 heavy (non-hydrogen) atoms. The van der Waals surface area contributed by atoms with E-state index < -0.39 is 17.8 Å². The first-order valence-electron chi connectivity index (χ1n) is 10.1. The summed E-state index contributed by atoms with van der Waals surface area (Å²) in [6, 6.07) is 18.2. The second-order valence-corrected chi connectivity index (χ2v) is 8.07. The number of halogens is 1. The number of rotatable bonds is 6. The zero-order valence-corrected chi connectivity index (χ0v) is 19.5. The highest BCUT2D eigenvalue weighted by Crippen LogP contribution is 2.33. The van der Waals surface area contributed by atoms with Gasteiger partial charge < -0.3 is 24.8 Å². The normalized spacial score (nSPS) is 12.1. The Morgan fingerprint density at radius 3 is 2.47 bits per heavy atom. The van der Waals surface area contributed by atoms with Gasteiger partial charge in [-0.25, -0.2) is 4.79 Å². The molecule has 2 amide bonds. The Bertz CT molecular complexity index is 1290. The number of nitrogens with one attached hydrogen (secondary N) is 2. The second-order valence-electron chi connectivity index (χ2n) is 7.16. The van der Waals surface area contributed by atoms with Gasteiger partial charge in [-0.15, -0.1) is 0 Å². The van der Waals surface area contributed by atoms with Crippen molar-refractivity contribution < 1.29 is 28.6 Å². The maximum Gasteiger partial charge on any atom is 0.337 e. The highest BCUT2D eigenvalue weighted by molar-refractivity contribution is 9.10. The molecule has 0 saturated heterocycles. The number of amides is 2. The van der Waals surface area contributed by atoms with Gasteiger partial charge in [0.05, 0.1) is 12.7 Å². The largest absolute Gasteiger partial charge is 0.465 e. The van der Waals surface area contributed by atoms with E-state index in [4.69, 9.17) is 14.2 Å². The van der Waals surface area contributed by atoms with E-state index in [-0.39, 0.29) is 18.1 Å². The van der Waals surface area contributed by atoms with Crippen molar-refractivity contribution in [2.75, 3.05) is 19.2 Å². The number of methoxy groups -OCH3 is 1.